The molecule has 0 spiro atoms. The van der Waals surface area contributed by atoms with E-state index in [0.717, 1.165) is 11.8 Å². The van der Waals surface area contributed by atoms with Crippen LogP contribution in [0.2, 0.25) is 0 Å². The van der Waals surface area contributed by atoms with Gasteiger partial charge < -0.3 is 0 Å². The molecule has 0 heterocycles. The molecule has 1 fully saturated rings. The average molecular weight is 150 g/mol. The van der Waals surface area contributed by atoms with Crippen molar-refractivity contribution in [2.24, 2.45) is 17.3 Å². The summed E-state index contributed by atoms with van der Waals surface area (Å²) < 4.78 is 0. The van der Waals surface area contributed by atoms with Gasteiger partial charge in [0.1, 0.15) is 0 Å². The maximum Gasteiger partial charge on any atom is -0.0179 e. The summed E-state index contributed by atoms with van der Waals surface area (Å²) >= 11 is 0. The molecule has 0 aromatic carbocycles. The molecule has 0 amide bonds. The molecular formula is C11H18. The Morgan fingerprint density at radius 1 is 1.36 bits per heavy atom. The van der Waals surface area contributed by atoms with Gasteiger partial charge in [-0.2, -0.15) is 0 Å². The molecule has 0 heteroatoms. The van der Waals surface area contributed by atoms with Crippen LogP contribution in [0.25, 0.3) is 0 Å². The van der Waals surface area contributed by atoms with E-state index in [4.69, 9.17) is 0 Å². The van der Waals surface area contributed by atoms with Gasteiger partial charge in [0.2, 0.25) is 0 Å². The van der Waals surface area contributed by atoms with Crippen LogP contribution in [0.15, 0.2) is 11.6 Å². The summed E-state index contributed by atoms with van der Waals surface area (Å²) in [5.74, 6) is 1.81. The summed E-state index contributed by atoms with van der Waals surface area (Å²) in [5, 5.41) is 0. The second-order valence-corrected chi connectivity index (χ2v) is 4.98. The van der Waals surface area contributed by atoms with E-state index in [9.17, 15) is 0 Å². The summed E-state index contributed by atoms with van der Waals surface area (Å²) in [6, 6.07) is 0. The van der Waals surface area contributed by atoms with E-state index in [1.165, 1.54) is 19.3 Å². The Morgan fingerprint density at radius 3 is 2.36 bits per heavy atom. The third-order valence-corrected chi connectivity index (χ3v) is 3.71. The molecule has 0 aromatic heterocycles. The number of allylic oxidation sites excluding steroid dienone is 2. The molecule has 3 aliphatic rings. The molecule has 3 rings (SSSR count). The summed E-state index contributed by atoms with van der Waals surface area (Å²) in [4.78, 5) is 0. The Labute approximate surface area is 69.7 Å². The quantitative estimate of drug-likeness (QED) is 0.464. The van der Waals surface area contributed by atoms with Crippen LogP contribution in [-0.2, 0) is 0 Å². The largest absolute Gasteiger partial charge is 0.0817 e. The Hall–Kier alpha value is -0.260. The monoisotopic (exact) mass is 150 g/mol. The maximum absolute atomic E-state index is 2.53. The number of hydrogen-bond acceptors (Lipinski definition) is 0. The standard InChI is InChI=1S/C11H18/c1-8-6-10-5-4-9(8)7-11(10,2)3/h6,9-10H,4-5,7H2,1-3H3. The van der Waals surface area contributed by atoms with Crippen LogP contribution in [-0.4, -0.2) is 0 Å². The van der Waals surface area contributed by atoms with Crippen LogP contribution >= 0.6 is 0 Å². The zero-order valence-corrected chi connectivity index (χ0v) is 7.85. The number of fused-ring (bicyclic) bond motifs is 2. The lowest BCUT2D eigenvalue weighted by atomic mass is 9.59. The molecular weight excluding hydrogens is 132 g/mol. The molecule has 3 aliphatic carbocycles. The fourth-order valence-electron chi connectivity index (χ4n) is 2.81. The fraction of sp³-hybridized carbons (Fsp3) is 0.818. The first-order valence-electron chi connectivity index (χ1n) is 4.78. The summed E-state index contributed by atoms with van der Waals surface area (Å²) in [7, 11) is 0. The average Bonchev–Trinajstić information content (AvgIpc) is 1.90. The van der Waals surface area contributed by atoms with Gasteiger partial charge in [0.25, 0.3) is 0 Å². The highest BCUT2D eigenvalue weighted by atomic mass is 14.4. The molecule has 0 saturated heterocycles. The molecule has 62 valence electrons. The molecule has 2 unspecified atom stereocenters. The highest BCUT2D eigenvalue weighted by Crippen LogP contribution is 2.50. The molecule has 1 saturated carbocycles. The summed E-state index contributed by atoms with van der Waals surface area (Å²) in [6.07, 6.45) is 6.85. The lowest BCUT2D eigenvalue weighted by Crippen LogP contribution is -2.35. The van der Waals surface area contributed by atoms with E-state index in [0.29, 0.717) is 5.41 Å². The van der Waals surface area contributed by atoms with Gasteiger partial charge in [0.05, 0.1) is 0 Å². The van der Waals surface area contributed by atoms with Crippen LogP contribution in [0.4, 0.5) is 0 Å². The third-order valence-electron chi connectivity index (χ3n) is 3.71. The minimum absolute atomic E-state index is 0.600. The molecule has 2 atom stereocenters. The van der Waals surface area contributed by atoms with Crippen molar-refractivity contribution >= 4 is 0 Å². The molecule has 0 aromatic rings. The van der Waals surface area contributed by atoms with Gasteiger partial charge in [-0.05, 0) is 43.4 Å². The van der Waals surface area contributed by atoms with E-state index in [1.807, 2.05) is 0 Å². The van der Waals surface area contributed by atoms with E-state index < -0.39 is 0 Å². The lowest BCUT2D eigenvalue weighted by Gasteiger charge is -2.46. The SMILES string of the molecule is CC1=CC2CCC1CC2(C)C. The van der Waals surface area contributed by atoms with Crippen LogP contribution in [0.5, 0.6) is 0 Å². The van der Waals surface area contributed by atoms with Gasteiger partial charge in [0.15, 0.2) is 0 Å². The first-order chi connectivity index (χ1) is 5.09. The van der Waals surface area contributed by atoms with E-state index in [-0.39, 0.29) is 0 Å². The van der Waals surface area contributed by atoms with Gasteiger partial charge in [-0.1, -0.05) is 25.5 Å². The Bertz CT molecular complexity index is 198. The van der Waals surface area contributed by atoms with Crippen LogP contribution < -0.4 is 0 Å². The van der Waals surface area contributed by atoms with Crippen LogP contribution in [0.1, 0.15) is 40.0 Å². The van der Waals surface area contributed by atoms with Crippen molar-refractivity contribution < 1.29 is 0 Å². The van der Waals surface area contributed by atoms with Crippen LogP contribution in [0, 0.1) is 17.3 Å². The fourth-order valence-corrected chi connectivity index (χ4v) is 2.81. The van der Waals surface area contributed by atoms with Crippen molar-refractivity contribution in [3.05, 3.63) is 11.6 Å². The van der Waals surface area contributed by atoms with Gasteiger partial charge >= 0.3 is 0 Å². The van der Waals surface area contributed by atoms with E-state index in [2.05, 4.69) is 26.8 Å². The van der Waals surface area contributed by atoms with Crippen LogP contribution in [0.3, 0.4) is 0 Å². The Morgan fingerprint density at radius 2 is 2.09 bits per heavy atom. The summed E-state index contributed by atoms with van der Waals surface area (Å²) in [5.41, 5.74) is 2.27. The van der Waals surface area contributed by atoms with Crippen molar-refractivity contribution in [1.29, 1.82) is 0 Å². The smallest absolute Gasteiger partial charge is 0.0179 e. The first kappa shape index (κ1) is 7.39. The van der Waals surface area contributed by atoms with Crippen molar-refractivity contribution in [2.45, 2.75) is 40.0 Å². The van der Waals surface area contributed by atoms with Gasteiger partial charge in [-0.15, -0.1) is 0 Å². The zero-order chi connectivity index (χ0) is 8.06. The predicted molar refractivity (Wildman–Crippen MR) is 48.4 cm³/mol. The second-order valence-electron chi connectivity index (χ2n) is 4.98. The highest BCUT2D eigenvalue weighted by Gasteiger charge is 2.39. The van der Waals surface area contributed by atoms with Gasteiger partial charge in [-0.3, -0.25) is 0 Å². The normalized spacial score (nSPS) is 40.5. The Kier molecular flexibility index (Phi) is 1.42. The second kappa shape index (κ2) is 2.12. The predicted octanol–water partition coefficient (Wildman–Crippen LogP) is 3.39. The number of rotatable bonds is 0. The minimum Gasteiger partial charge on any atom is -0.0817 e. The summed E-state index contributed by atoms with van der Waals surface area (Å²) in [6.45, 7) is 7.16. The molecule has 0 N–H and O–H groups in total. The number of hydrogen-bond donors (Lipinski definition) is 0. The topological polar surface area (TPSA) is 0 Å². The highest BCUT2D eigenvalue weighted by molar-refractivity contribution is 5.17. The third kappa shape index (κ3) is 1.04. The molecule has 0 radical (unpaired) electrons. The van der Waals surface area contributed by atoms with Gasteiger partial charge in [-0.25, -0.2) is 0 Å². The van der Waals surface area contributed by atoms with E-state index >= 15 is 0 Å². The van der Waals surface area contributed by atoms with Crippen molar-refractivity contribution in [1.82, 2.24) is 0 Å². The van der Waals surface area contributed by atoms with Crippen molar-refractivity contribution in [3.8, 4) is 0 Å². The minimum atomic E-state index is 0.600. The van der Waals surface area contributed by atoms with Crippen molar-refractivity contribution in [3.63, 3.8) is 0 Å². The van der Waals surface area contributed by atoms with Crippen molar-refractivity contribution in [2.75, 3.05) is 0 Å². The maximum atomic E-state index is 2.53. The molecule has 0 nitrogen and oxygen atoms in total. The van der Waals surface area contributed by atoms with E-state index in [1.54, 1.807) is 5.57 Å². The van der Waals surface area contributed by atoms with Gasteiger partial charge in [0, 0.05) is 0 Å². The first-order valence-corrected chi connectivity index (χ1v) is 4.78. The molecule has 2 bridgehead atoms. The Balaban J connectivity index is 2.32. The lowest BCUT2D eigenvalue weighted by molar-refractivity contribution is 0.122. The zero-order valence-electron chi connectivity index (χ0n) is 7.85. The molecule has 0 aliphatic heterocycles. The molecule has 11 heavy (non-hydrogen) atoms.